The molecule has 1 aromatic rings. The van der Waals surface area contributed by atoms with Crippen molar-refractivity contribution in [2.45, 2.75) is 19.4 Å². The molecular weight excluding hydrogens is 260 g/mol. The van der Waals surface area contributed by atoms with E-state index in [-0.39, 0.29) is 18.5 Å². The molecule has 0 radical (unpaired) electrons. The Balaban J connectivity index is 2.44. The molecule has 1 unspecified atom stereocenters. The molecule has 0 spiro atoms. The SMILES string of the molecule is CC(CNC(=O)Nc1ccc(CC(=O)O)nc1)N(C)C. The van der Waals surface area contributed by atoms with Crippen LogP contribution in [0.3, 0.4) is 0 Å². The lowest BCUT2D eigenvalue weighted by Gasteiger charge is -2.20. The van der Waals surface area contributed by atoms with Crippen LogP contribution in [0.5, 0.6) is 0 Å². The Hall–Kier alpha value is -2.15. The van der Waals surface area contributed by atoms with Crippen LogP contribution in [-0.2, 0) is 11.2 Å². The summed E-state index contributed by atoms with van der Waals surface area (Å²) < 4.78 is 0. The van der Waals surface area contributed by atoms with Gasteiger partial charge in [-0.25, -0.2) is 4.79 Å². The number of aliphatic carboxylic acids is 1. The van der Waals surface area contributed by atoms with Crippen molar-refractivity contribution in [1.82, 2.24) is 15.2 Å². The largest absolute Gasteiger partial charge is 0.481 e. The highest BCUT2D eigenvalue weighted by molar-refractivity contribution is 5.89. The molecule has 1 heterocycles. The maximum absolute atomic E-state index is 11.6. The number of carbonyl (C=O) groups excluding carboxylic acids is 1. The van der Waals surface area contributed by atoms with Gasteiger partial charge in [0.1, 0.15) is 0 Å². The molecule has 110 valence electrons. The van der Waals surface area contributed by atoms with E-state index in [1.54, 1.807) is 12.1 Å². The first kappa shape index (κ1) is 15.9. The van der Waals surface area contributed by atoms with Crippen molar-refractivity contribution >= 4 is 17.7 Å². The molecule has 20 heavy (non-hydrogen) atoms. The number of likely N-dealkylation sites (N-methyl/N-ethyl adjacent to an activating group) is 1. The second-order valence-electron chi connectivity index (χ2n) is 4.76. The van der Waals surface area contributed by atoms with Crippen molar-refractivity contribution in [3.8, 4) is 0 Å². The molecule has 0 aromatic carbocycles. The van der Waals surface area contributed by atoms with Gasteiger partial charge in [0.15, 0.2) is 0 Å². The van der Waals surface area contributed by atoms with Gasteiger partial charge in [-0.05, 0) is 33.2 Å². The number of hydrogen-bond donors (Lipinski definition) is 3. The summed E-state index contributed by atoms with van der Waals surface area (Å²) in [7, 11) is 3.88. The number of nitrogens with zero attached hydrogens (tertiary/aromatic N) is 2. The monoisotopic (exact) mass is 280 g/mol. The molecule has 1 rings (SSSR count). The minimum Gasteiger partial charge on any atom is -0.481 e. The van der Waals surface area contributed by atoms with E-state index in [1.807, 2.05) is 25.9 Å². The number of nitrogens with one attached hydrogen (secondary N) is 2. The van der Waals surface area contributed by atoms with E-state index in [0.717, 1.165) is 0 Å². The predicted molar refractivity (Wildman–Crippen MR) is 75.7 cm³/mol. The average Bonchev–Trinajstić information content (AvgIpc) is 2.37. The Morgan fingerprint density at radius 2 is 2.10 bits per heavy atom. The molecule has 0 aliphatic heterocycles. The van der Waals surface area contributed by atoms with Gasteiger partial charge in [0.25, 0.3) is 0 Å². The number of aromatic nitrogens is 1. The zero-order chi connectivity index (χ0) is 15.1. The minimum atomic E-state index is -0.936. The molecule has 0 aliphatic rings. The van der Waals surface area contributed by atoms with Crippen LogP contribution in [0.2, 0.25) is 0 Å². The summed E-state index contributed by atoms with van der Waals surface area (Å²) in [5.74, 6) is -0.936. The Morgan fingerprint density at radius 1 is 1.40 bits per heavy atom. The normalized spacial score (nSPS) is 12.0. The van der Waals surface area contributed by atoms with Gasteiger partial charge >= 0.3 is 12.0 Å². The maximum Gasteiger partial charge on any atom is 0.319 e. The van der Waals surface area contributed by atoms with Crippen LogP contribution in [0.4, 0.5) is 10.5 Å². The molecular formula is C13H20N4O3. The molecule has 0 bridgehead atoms. The molecule has 0 aliphatic carbocycles. The highest BCUT2D eigenvalue weighted by Crippen LogP contribution is 2.06. The first-order valence-corrected chi connectivity index (χ1v) is 6.26. The predicted octanol–water partition coefficient (Wildman–Crippen LogP) is 0.780. The summed E-state index contributed by atoms with van der Waals surface area (Å²) in [6.45, 7) is 2.53. The van der Waals surface area contributed by atoms with Gasteiger partial charge in [-0.2, -0.15) is 0 Å². The lowest BCUT2D eigenvalue weighted by Crippen LogP contribution is -2.40. The third-order valence-corrected chi connectivity index (χ3v) is 2.85. The van der Waals surface area contributed by atoms with Gasteiger partial charge in [-0.1, -0.05) is 0 Å². The highest BCUT2D eigenvalue weighted by atomic mass is 16.4. The van der Waals surface area contributed by atoms with E-state index >= 15 is 0 Å². The number of carbonyl (C=O) groups is 2. The molecule has 0 saturated carbocycles. The van der Waals surface area contributed by atoms with Crippen LogP contribution < -0.4 is 10.6 Å². The molecule has 0 saturated heterocycles. The number of pyridine rings is 1. The van der Waals surface area contributed by atoms with Crippen LogP contribution >= 0.6 is 0 Å². The van der Waals surface area contributed by atoms with Crippen LogP contribution in [0.15, 0.2) is 18.3 Å². The van der Waals surface area contributed by atoms with Gasteiger partial charge in [0, 0.05) is 12.6 Å². The summed E-state index contributed by atoms with van der Waals surface area (Å²) in [6.07, 6.45) is 1.31. The van der Waals surface area contributed by atoms with Crippen LogP contribution in [0.25, 0.3) is 0 Å². The molecule has 3 N–H and O–H groups in total. The minimum absolute atomic E-state index is 0.132. The summed E-state index contributed by atoms with van der Waals surface area (Å²) in [6, 6.07) is 3.12. The van der Waals surface area contributed by atoms with Gasteiger partial charge in [-0.15, -0.1) is 0 Å². The van der Waals surface area contributed by atoms with E-state index < -0.39 is 5.97 Å². The fourth-order valence-electron chi connectivity index (χ4n) is 1.36. The lowest BCUT2D eigenvalue weighted by atomic mass is 10.2. The number of urea groups is 1. The number of carboxylic acids is 1. The van der Waals surface area contributed by atoms with E-state index in [4.69, 9.17) is 5.11 Å². The molecule has 7 heteroatoms. The molecule has 1 aromatic heterocycles. The second kappa shape index (κ2) is 7.44. The van der Waals surface area contributed by atoms with Crippen molar-refractivity contribution in [3.05, 3.63) is 24.0 Å². The molecule has 7 nitrogen and oxygen atoms in total. The molecule has 0 fully saturated rings. The summed E-state index contributed by atoms with van der Waals surface area (Å²) in [5, 5.41) is 14.0. The fraction of sp³-hybridized carbons (Fsp3) is 0.462. The van der Waals surface area contributed by atoms with Crippen molar-refractivity contribution in [3.63, 3.8) is 0 Å². The van der Waals surface area contributed by atoms with Crippen LogP contribution in [0, 0.1) is 0 Å². The van der Waals surface area contributed by atoms with Gasteiger partial charge in [0.05, 0.1) is 24.0 Å². The smallest absolute Gasteiger partial charge is 0.319 e. The Morgan fingerprint density at radius 3 is 2.60 bits per heavy atom. The second-order valence-corrected chi connectivity index (χ2v) is 4.76. The van der Waals surface area contributed by atoms with E-state index in [9.17, 15) is 9.59 Å². The standard InChI is InChI=1S/C13H20N4O3/c1-9(17(2)3)7-15-13(20)16-11-5-4-10(14-8-11)6-12(18)19/h4-5,8-9H,6-7H2,1-3H3,(H,18,19)(H2,15,16,20). The van der Waals surface area contributed by atoms with Crippen LogP contribution in [0.1, 0.15) is 12.6 Å². The topological polar surface area (TPSA) is 94.6 Å². The Labute approximate surface area is 118 Å². The van der Waals surface area contributed by atoms with Crippen molar-refractivity contribution in [1.29, 1.82) is 0 Å². The number of hydrogen-bond acceptors (Lipinski definition) is 4. The maximum atomic E-state index is 11.6. The quantitative estimate of drug-likeness (QED) is 0.716. The summed E-state index contributed by atoms with van der Waals surface area (Å²) >= 11 is 0. The van der Waals surface area contributed by atoms with Gasteiger partial charge in [-0.3, -0.25) is 9.78 Å². The van der Waals surface area contributed by atoms with Gasteiger partial charge < -0.3 is 20.6 Å². The number of anilines is 1. The zero-order valence-electron chi connectivity index (χ0n) is 11.9. The van der Waals surface area contributed by atoms with Crippen LogP contribution in [-0.4, -0.2) is 53.7 Å². The highest BCUT2D eigenvalue weighted by Gasteiger charge is 2.08. The lowest BCUT2D eigenvalue weighted by molar-refractivity contribution is -0.136. The number of amides is 2. The Bertz CT molecular complexity index is 459. The van der Waals surface area contributed by atoms with E-state index in [0.29, 0.717) is 17.9 Å². The first-order valence-electron chi connectivity index (χ1n) is 6.26. The van der Waals surface area contributed by atoms with Crippen molar-refractivity contribution < 1.29 is 14.7 Å². The zero-order valence-corrected chi connectivity index (χ0v) is 11.9. The number of carboxylic acid groups (broad SMARTS) is 1. The average molecular weight is 280 g/mol. The van der Waals surface area contributed by atoms with Gasteiger partial charge in [0.2, 0.25) is 0 Å². The third kappa shape index (κ3) is 5.66. The summed E-state index contributed by atoms with van der Waals surface area (Å²) in [4.78, 5) is 28.1. The Kier molecular flexibility index (Phi) is 5.92. The number of rotatable bonds is 6. The fourth-order valence-corrected chi connectivity index (χ4v) is 1.36. The molecule has 2 amide bonds. The first-order chi connectivity index (χ1) is 9.38. The van der Waals surface area contributed by atoms with Crippen molar-refractivity contribution in [2.24, 2.45) is 0 Å². The van der Waals surface area contributed by atoms with E-state index in [1.165, 1.54) is 6.20 Å². The summed E-state index contributed by atoms with van der Waals surface area (Å²) in [5.41, 5.74) is 0.971. The van der Waals surface area contributed by atoms with Crippen molar-refractivity contribution in [2.75, 3.05) is 26.0 Å². The van der Waals surface area contributed by atoms with E-state index in [2.05, 4.69) is 15.6 Å². The molecule has 1 atom stereocenters. The third-order valence-electron chi connectivity index (χ3n) is 2.85.